The zero-order valence-electron chi connectivity index (χ0n) is 10.7. The quantitative estimate of drug-likeness (QED) is 0.683. The molecule has 1 fully saturated rings. The van der Waals surface area contributed by atoms with Gasteiger partial charge in [-0.05, 0) is 30.4 Å². The highest BCUT2D eigenvalue weighted by Crippen LogP contribution is 2.31. The van der Waals surface area contributed by atoms with E-state index in [2.05, 4.69) is 11.9 Å². The minimum absolute atomic E-state index is 0.421. The fraction of sp³-hybridized carbons (Fsp3) is 0.308. The van der Waals surface area contributed by atoms with Crippen molar-refractivity contribution in [2.75, 3.05) is 24.8 Å². The van der Waals surface area contributed by atoms with Crippen LogP contribution in [0.1, 0.15) is 5.56 Å². The number of nitrogens with zero attached hydrogens (tertiary/aromatic N) is 2. The van der Waals surface area contributed by atoms with E-state index in [0.717, 1.165) is 12.1 Å². The summed E-state index contributed by atoms with van der Waals surface area (Å²) in [6, 6.07) is 5.14. The first kappa shape index (κ1) is 14.8. The Hall–Kier alpha value is -1.60. The number of thiocarbonyl (C=S) groups is 1. The van der Waals surface area contributed by atoms with Gasteiger partial charge in [-0.25, -0.2) is 0 Å². The molecule has 1 aliphatic rings. The van der Waals surface area contributed by atoms with Crippen molar-refractivity contribution in [1.29, 1.82) is 0 Å². The number of hydrogen-bond donors (Lipinski definition) is 1. The number of alkyl halides is 3. The molecule has 1 N–H and O–H groups in total. The lowest BCUT2D eigenvalue weighted by atomic mass is 10.2. The summed E-state index contributed by atoms with van der Waals surface area (Å²) < 4.78 is 38.2. The van der Waals surface area contributed by atoms with Gasteiger partial charge in [0.1, 0.15) is 0 Å². The van der Waals surface area contributed by atoms with Crippen LogP contribution in [0.4, 0.5) is 18.9 Å². The summed E-state index contributed by atoms with van der Waals surface area (Å²) in [7, 11) is 0. The van der Waals surface area contributed by atoms with Crippen LogP contribution in [0.15, 0.2) is 36.9 Å². The topological polar surface area (TPSA) is 18.5 Å². The third-order valence-corrected chi connectivity index (χ3v) is 3.28. The van der Waals surface area contributed by atoms with Gasteiger partial charge in [-0.2, -0.15) is 13.2 Å². The average molecular weight is 301 g/mol. The van der Waals surface area contributed by atoms with Crippen molar-refractivity contribution in [2.45, 2.75) is 6.18 Å². The molecule has 7 heteroatoms. The molecule has 0 bridgehead atoms. The monoisotopic (exact) mass is 301 g/mol. The summed E-state index contributed by atoms with van der Waals surface area (Å²) >= 11 is 5.16. The predicted octanol–water partition coefficient (Wildman–Crippen LogP) is 2.80. The van der Waals surface area contributed by atoms with E-state index < -0.39 is 11.7 Å². The number of nitrogens with one attached hydrogen (secondary N) is 1. The van der Waals surface area contributed by atoms with Gasteiger partial charge in [-0.15, -0.1) is 6.58 Å². The van der Waals surface area contributed by atoms with E-state index in [1.54, 1.807) is 17.0 Å². The molecule has 0 aliphatic carbocycles. The summed E-state index contributed by atoms with van der Waals surface area (Å²) in [5.74, 6) is 0. The molecule has 1 aliphatic heterocycles. The van der Waals surface area contributed by atoms with Gasteiger partial charge in [0.25, 0.3) is 0 Å². The van der Waals surface area contributed by atoms with Gasteiger partial charge in [0.2, 0.25) is 0 Å². The van der Waals surface area contributed by atoms with E-state index in [0.29, 0.717) is 30.7 Å². The van der Waals surface area contributed by atoms with Crippen LogP contribution in [-0.4, -0.2) is 29.9 Å². The summed E-state index contributed by atoms with van der Waals surface area (Å²) in [6.45, 7) is 5.26. The SMILES string of the molecule is C=CCN1CNC(=S)N(c2cccc(C(F)(F)F)c2)C1. The van der Waals surface area contributed by atoms with Crippen LogP contribution in [0.2, 0.25) is 0 Å². The zero-order chi connectivity index (χ0) is 14.8. The van der Waals surface area contributed by atoms with E-state index in [1.807, 2.05) is 4.90 Å². The van der Waals surface area contributed by atoms with Crippen molar-refractivity contribution in [2.24, 2.45) is 0 Å². The number of hydrogen-bond acceptors (Lipinski definition) is 2. The Morgan fingerprint density at radius 3 is 2.80 bits per heavy atom. The largest absolute Gasteiger partial charge is 0.416 e. The molecule has 20 heavy (non-hydrogen) atoms. The van der Waals surface area contributed by atoms with Crippen molar-refractivity contribution in [1.82, 2.24) is 10.2 Å². The molecule has 0 atom stereocenters. The molecule has 2 rings (SSSR count). The van der Waals surface area contributed by atoms with Crippen molar-refractivity contribution < 1.29 is 13.2 Å². The normalized spacial score (nSPS) is 16.9. The Labute approximate surface area is 120 Å². The second-order valence-electron chi connectivity index (χ2n) is 4.40. The van der Waals surface area contributed by atoms with Crippen LogP contribution in [0.25, 0.3) is 0 Å². The molecule has 0 radical (unpaired) electrons. The first-order valence-corrected chi connectivity index (χ1v) is 6.38. The van der Waals surface area contributed by atoms with Gasteiger partial charge in [-0.3, -0.25) is 4.90 Å². The number of anilines is 1. The molecule has 1 heterocycles. The highest BCUT2D eigenvalue weighted by molar-refractivity contribution is 7.80. The fourth-order valence-electron chi connectivity index (χ4n) is 1.94. The highest BCUT2D eigenvalue weighted by atomic mass is 32.1. The first-order valence-electron chi connectivity index (χ1n) is 5.97. The van der Waals surface area contributed by atoms with Crippen LogP contribution in [-0.2, 0) is 6.18 Å². The summed E-state index contributed by atoms with van der Waals surface area (Å²) in [5, 5.41) is 3.40. The van der Waals surface area contributed by atoms with E-state index in [4.69, 9.17) is 12.2 Å². The van der Waals surface area contributed by atoms with Gasteiger partial charge in [0.05, 0.1) is 18.9 Å². The lowest BCUT2D eigenvalue weighted by Gasteiger charge is -2.37. The molecule has 1 aromatic carbocycles. The van der Waals surface area contributed by atoms with Gasteiger partial charge < -0.3 is 10.2 Å². The molecular formula is C13H14F3N3S. The lowest BCUT2D eigenvalue weighted by molar-refractivity contribution is -0.137. The van der Waals surface area contributed by atoms with E-state index in [9.17, 15) is 13.2 Å². The summed E-state index contributed by atoms with van der Waals surface area (Å²) in [6.07, 6.45) is -2.62. The van der Waals surface area contributed by atoms with Crippen molar-refractivity contribution in [3.05, 3.63) is 42.5 Å². The van der Waals surface area contributed by atoms with Gasteiger partial charge in [0.15, 0.2) is 5.11 Å². The Morgan fingerprint density at radius 2 is 2.15 bits per heavy atom. The standard InChI is InChI=1S/C13H14F3N3S/c1-2-6-18-8-17-12(20)19(9-18)11-5-3-4-10(7-11)13(14,15)16/h2-5,7H,1,6,8-9H2,(H,17,20). The van der Waals surface area contributed by atoms with E-state index in [1.165, 1.54) is 6.07 Å². The maximum atomic E-state index is 12.7. The Kier molecular flexibility index (Phi) is 4.29. The molecule has 0 saturated carbocycles. The Morgan fingerprint density at radius 1 is 1.40 bits per heavy atom. The molecule has 0 unspecified atom stereocenters. The second-order valence-corrected chi connectivity index (χ2v) is 4.79. The smallest absolute Gasteiger partial charge is 0.349 e. The zero-order valence-corrected chi connectivity index (χ0v) is 11.5. The molecule has 1 aromatic rings. The lowest BCUT2D eigenvalue weighted by Crippen LogP contribution is -2.56. The number of rotatable bonds is 3. The summed E-state index contributed by atoms with van der Waals surface area (Å²) in [5.41, 5.74) is -0.260. The maximum absolute atomic E-state index is 12.7. The predicted molar refractivity (Wildman–Crippen MR) is 76.3 cm³/mol. The second kappa shape index (κ2) is 5.80. The van der Waals surface area contributed by atoms with E-state index in [-0.39, 0.29) is 0 Å². The number of halogens is 3. The van der Waals surface area contributed by atoms with Crippen LogP contribution in [0.3, 0.4) is 0 Å². The van der Waals surface area contributed by atoms with Gasteiger partial charge in [-0.1, -0.05) is 12.1 Å². The molecule has 3 nitrogen and oxygen atoms in total. The molecule has 108 valence electrons. The first-order chi connectivity index (χ1) is 9.41. The van der Waals surface area contributed by atoms with Crippen molar-refractivity contribution >= 4 is 23.0 Å². The minimum Gasteiger partial charge on any atom is -0.349 e. The van der Waals surface area contributed by atoms with Crippen molar-refractivity contribution in [3.8, 4) is 0 Å². The molecule has 0 aromatic heterocycles. The van der Waals surface area contributed by atoms with Crippen LogP contribution < -0.4 is 10.2 Å². The Balaban J connectivity index is 2.25. The Bertz CT molecular complexity index is 516. The van der Waals surface area contributed by atoms with Gasteiger partial charge in [0, 0.05) is 12.2 Å². The molecule has 1 saturated heterocycles. The summed E-state index contributed by atoms with van der Waals surface area (Å²) in [4.78, 5) is 3.61. The van der Waals surface area contributed by atoms with Crippen LogP contribution in [0, 0.1) is 0 Å². The van der Waals surface area contributed by atoms with Gasteiger partial charge >= 0.3 is 6.18 Å². The molecule has 0 amide bonds. The number of benzene rings is 1. The minimum atomic E-state index is -4.36. The third kappa shape index (κ3) is 3.29. The molecule has 0 spiro atoms. The maximum Gasteiger partial charge on any atom is 0.416 e. The third-order valence-electron chi connectivity index (χ3n) is 2.91. The average Bonchev–Trinajstić information content (AvgIpc) is 2.40. The van der Waals surface area contributed by atoms with Crippen LogP contribution >= 0.6 is 12.2 Å². The molecular weight excluding hydrogens is 287 g/mol. The van der Waals surface area contributed by atoms with Crippen LogP contribution in [0.5, 0.6) is 0 Å². The van der Waals surface area contributed by atoms with Crippen molar-refractivity contribution in [3.63, 3.8) is 0 Å². The van der Waals surface area contributed by atoms with E-state index >= 15 is 0 Å². The fourth-order valence-corrected chi connectivity index (χ4v) is 2.17. The highest BCUT2D eigenvalue weighted by Gasteiger charge is 2.31.